The lowest BCUT2D eigenvalue weighted by Crippen LogP contribution is -2.30. The second-order valence-electron chi connectivity index (χ2n) is 14.9. The predicted molar refractivity (Wildman–Crippen MR) is 233 cm³/mol. The quantitative estimate of drug-likeness (QED) is 0.0267. The minimum atomic E-state index is -0.808. The number of rotatable bonds is 40. The Morgan fingerprint density at radius 2 is 0.727 bits per heavy atom. The van der Waals surface area contributed by atoms with E-state index in [2.05, 4.69) is 81.5 Å². The van der Waals surface area contributed by atoms with E-state index >= 15 is 0 Å². The van der Waals surface area contributed by atoms with E-state index in [0.29, 0.717) is 19.3 Å². The molecule has 6 heteroatoms. The SMILES string of the molecule is CC/C=C\C/C=C\C/C=C\CCCC(=O)OC(COC(=O)CCCC/C=C\C/C=C\CC)COC(=O)CCCCCCCCCCCCCCCCCCC. The summed E-state index contributed by atoms with van der Waals surface area (Å²) in [7, 11) is 0. The maximum absolute atomic E-state index is 12.6. The van der Waals surface area contributed by atoms with Crippen molar-refractivity contribution in [2.24, 2.45) is 0 Å². The molecule has 1 unspecified atom stereocenters. The van der Waals surface area contributed by atoms with Gasteiger partial charge in [-0.05, 0) is 70.6 Å². The first kappa shape index (κ1) is 52.1. The summed E-state index contributed by atoms with van der Waals surface area (Å²) in [5.41, 5.74) is 0. The van der Waals surface area contributed by atoms with E-state index in [1.54, 1.807) is 0 Å². The summed E-state index contributed by atoms with van der Waals surface area (Å²) in [6.45, 7) is 6.31. The number of unbranched alkanes of at least 4 members (excludes halogenated alkanes) is 19. The van der Waals surface area contributed by atoms with Gasteiger partial charge in [-0.25, -0.2) is 0 Å². The van der Waals surface area contributed by atoms with Crippen LogP contribution >= 0.6 is 0 Å². The van der Waals surface area contributed by atoms with E-state index in [0.717, 1.165) is 77.0 Å². The Hall–Kier alpha value is -2.89. The van der Waals surface area contributed by atoms with E-state index < -0.39 is 6.10 Å². The molecule has 0 saturated carbocycles. The van der Waals surface area contributed by atoms with Crippen molar-refractivity contribution in [1.82, 2.24) is 0 Å². The van der Waals surface area contributed by atoms with Crippen molar-refractivity contribution >= 4 is 17.9 Å². The van der Waals surface area contributed by atoms with Gasteiger partial charge in [0, 0.05) is 19.3 Å². The minimum Gasteiger partial charge on any atom is -0.462 e. The Morgan fingerprint density at radius 3 is 1.16 bits per heavy atom. The number of carbonyl (C=O) groups is 3. The number of carbonyl (C=O) groups excluding carboxylic acids is 3. The van der Waals surface area contributed by atoms with E-state index in [9.17, 15) is 14.4 Å². The van der Waals surface area contributed by atoms with Crippen LogP contribution in [0.3, 0.4) is 0 Å². The molecule has 0 heterocycles. The Balaban J connectivity index is 4.36. The van der Waals surface area contributed by atoms with Crippen molar-refractivity contribution < 1.29 is 28.6 Å². The Morgan fingerprint density at radius 1 is 0.382 bits per heavy atom. The highest BCUT2D eigenvalue weighted by Crippen LogP contribution is 2.15. The molecule has 0 N–H and O–H groups in total. The van der Waals surface area contributed by atoms with Gasteiger partial charge >= 0.3 is 17.9 Å². The summed E-state index contributed by atoms with van der Waals surface area (Å²) < 4.78 is 16.6. The highest BCUT2D eigenvalue weighted by Gasteiger charge is 2.19. The molecule has 0 aromatic carbocycles. The summed E-state index contributed by atoms with van der Waals surface area (Å²) in [5.74, 6) is -1.000. The summed E-state index contributed by atoms with van der Waals surface area (Å²) in [4.78, 5) is 37.6. The third-order valence-corrected chi connectivity index (χ3v) is 9.52. The fourth-order valence-corrected chi connectivity index (χ4v) is 6.15. The van der Waals surface area contributed by atoms with Gasteiger partial charge in [-0.3, -0.25) is 14.4 Å². The fraction of sp³-hybridized carbons (Fsp3) is 0.735. The van der Waals surface area contributed by atoms with Gasteiger partial charge in [0.25, 0.3) is 0 Å². The van der Waals surface area contributed by atoms with Crippen LogP contribution in [0, 0.1) is 0 Å². The first-order chi connectivity index (χ1) is 27.0. The van der Waals surface area contributed by atoms with Gasteiger partial charge in [-0.1, -0.05) is 184 Å². The highest BCUT2D eigenvalue weighted by molar-refractivity contribution is 5.71. The predicted octanol–water partition coefficient (Wildman–Crippen LogP) is 14.5. The van der Waals surface area contributed by atoms with Gasteiger partial charge in [0.1, 0.15) is 13.2 Å². The zero-order valence-corrected chi connectivity index (χ0v) is 35.9. The van der Waals surface area contributed by atoms with Crippen LogP contribution in [0.5, 0.6) is 0 Å². The lowest BCUT2D eigenvalue weighted by molar-refractivity contribution is -0.167. The van der Waals surface area contributed by atoms with Crippen molar-refractivity contribution in [3.8, 4) is 0 Å². The zero-order chi connectivity index (χ0) is 40.1. The smallest absolute Gasteiger partial charge is 0.306 e. The Labute approximate surface area is 339 Å². The van der Waals surface area contributed by atoms with Crippen LogP contribution in [0.4, 0.5) is 0 Å². The summed E-state index contributed by atoms with van der Waals surface area (Å²) in [6, 6.07) is 0. The maximum atomic E-state index is 12.6. The van der Waals surface area contributed by atoms with Gasteiger partial charge in [0.15, 0.2) is 6.10 Å². The summed E-state index contributed by atoms with van der Waals surface area (Å²) >= 11 is 0. The largest absolute Gasteiger partial charge is 0.462 e. The second-order valence-corrected chi connectivity index (χ2v) is 14.9. The lowest BCUT2D eigenvalue weighted by Gasteiger charge is -2.18. The average molecular weight is 769 g/mol. The van der Waals surface area contributed by atoms with Crippen molar-refractivity contribution in [2.45, 2.75) is 219 Å². The molecule has 0 aromatic heterocycles. The molecule has 0 aromatic rings. The minimum absolute atomic E-state index is 0.103. The van der Waals surface area contributed by atoms with Gasteiger partial charge in [-0.15, -0.1) is 0 Å². The molecule has 0 spiro atoms. The molecule has 0 fully saturated rings. The monoisotopic (exact) mass is 769 g/mol. The number of ether oxygens (including phenoxy) is 3. The molecule has 0 saturated heterocycles. The van der Waals surface area contributed by atoms with Gasteiger partial charge < -0.3 is 14.2 Å². The van der Waals surface area contributed by atoms with Crippen molar-refractivity contribution in [1.29, 1.82) is 0 Å². The molecule has 316 valence electrons. The van der Waals surface area contributed by atoms with Crippen LogP contribution in [0.2, 0.25) is 0 Å². The normalized spacial score (nSPS) is 12.6. The first-order valence-electron chi connectivity index (χ1n) is 22.8. The third kappa shape index (κ3) is 42.1. The van der Waals surface area contributed by atoms with Crippen molar-refractivity contribution in [3.63, 3.8) is 0 Å². The van der Waals surface area contributed by atoms with Crippen LogP contribution in [0.25, 0.3) is 0 Å². The van der Waals surface area contributed by atoms with Crippen LogP contribution < -0.4 is 0 Å². The molecule has 0 amide bonds. The summed E-state index contributed by atoms with van der Waals surface area (Å²) in [6.07, 6.45) is 52.3. The second kappa shape index (κ2) is 43.8. The molecule has 0 bridgehead atoms. The molecule has 0 aliphatic rings. The molecule has 0 rings (SSSR count). The van der Waals surface area contributed by atoms with Gasteiger partial charge in [-0.2, -0.15) is 0 Å². The van der Waals surface area contributed by atoms with E-state index in [-0.39, 0.29) is 37.5 Å². The van der Waals surface area contributed by atoms with Crippen LogP contribution in [-0.2, 0) is 28.6 Å². The standard InChI is InChI=1S/C49H84O6/c1-4-7-10-13-16-19-21-22-23-24-25-26-28-30-33-36-39-42-48(51)54-45-46(44-53-47(50)41-38-35-32-29-18-15-12-9-6-3)55-49(52)43-40-37-34-31-27-20-17-14-11-8-5-2/h8-9,11-12,17-18,20,29,31,34,46H,4-7,10,13-16,19,21-28,30,32-33,35-45H2,1-3H3/b11-8-,12-9-,20-17-,29-18-,34-31-. The van der Waals surface area contributed by atoms with Crippen LogP contribution in [-0.4, -0.2) is 37.2 Å². The highest BCUT2D eigenvalue weighted by atomic mass is 16.6. The topological polar surface area (TPSA) is 78.9 Å². The molecule has 0 aliphatic heterocycles. The molecule has 0 aliphatic carbocycles. The summed E-state index contributed by atoms with van der Waals surface area (Å²) in [5, 5.41) is 0. The van der Waals surface area contributed by atoms with Gasteiger partial charge in [0.2, 0.25) is 0 Å². The maximum Gasteiger partial charge on any atom is 0.306 e. The van der Waals surface area contributed by atoms with E-state index in [1.165, 1.54) is 89.9 Å². The fourth-order valence-electron chi connectivity index (χ4n) is 6.15. The molecule has 1 atom stereocenters. The number of hydrogen-bond donors (Lipinski definition) is 0. The molecule has 6 nitrogen and oxygen atoms in total. The van der Waals surface area contributed by atoms with Crippen LogP contribution in [0.15, 0.2) is 60.8 Å². The average Bonchev–Trinajstić information content (AvgIpc) is 3.18. The van der Waals surface area contributed by atoms with Crippen molar-refractivity contribution in [3.05, 3.63) is 60.8 Å². The molecular formula is C49H84O6. The zero-order valence-electron chi connectivity index (χ0n) is 35.9. The molecular weight excluding hydrogens is 685 g/mol. The molecule has 0 radical (unpaired) electrons. The number of esters is 3. The third-order valence-electron chi connectivity index (χ3n) is 9.52. The van der Waals surface area contributed by atoms with Crippen LogP contribution in [0.1, 0.15) is 213 Å². The lowest BCUT2D eigenvalue weighted by atomic mass is 10.0. The Kier molecular flexibility index (Phi) is 41.5. The Bertz CT molecular complexity index is 1020. The molecule has 55 heavy (non-hydrogen) atoms. The van der Waals surface area contributed by atoms with Gasteiger partial charge in [0.05, 0.1) is 0 Å². The van der Waals surface area contributed by atoms with Crippen molar-refractivity contribution in [2.75, 3.05) is 13.2 Å². The van der Waals surface area contributed by atoms with E-state index in [4.69, 9.17) is 14.2 Å². The first-order valence-corrected chi connectivity index (χ1v) is 22.8. The number of hydrogen-bond acceptors (Lipinski definition) is 6. The number of allylic oxidation sites excluding steroid dienone is 10. The van der Waals surface area contributed by atoms with E-state index in [1.807, 2.05) is 0 Å².